The summed E-state index contributed by atoms with van der Waals surface area (Å²) < 4.78 is 5.47. The maximum absolute atomic E-state index is 12.2. The van der Waals surface area contributed by atoms with Gasteiger partial charge in [0.05, 0.1) is 18.0 Å². The van der Waals surface area contributed by atoms with Gasteiger partial charge in [0.1, 0.15) is 5.75 Å². The number of ether oxygens (including phenoxy) is 1. The van der Waals surface area contributed by atoms with Gasteiger partial charge < -0.3 is 15.8 Å². The van der Waals surface area contributed by atoms with Crippen molar-refractivity contribution in [2.24, 2.45) is 5.73 Å². The van der Waals surface area contributed by atoms with Gasteiger partial charge in [0.15, 0.2) is 0 Å². The molecule has 0 fully saturated rings. The van der Waals surface area contributed by atoms with Crippen LogP contribution < -0.4 is 15.8 Å². The molecule has 104 valence electrons. The molecule has 5 nitrogen and oxygen atoms in total. The Labute approximate surface area is 117 Å². The predicted molar refractivity (Wildman–Crippen MR) is 77.7 cm³/mol. The average Bonchev–Trinajstić information content (AvgIpc) is 2.49. The van der Waals surface area contributed by atoms with E-state index in [0.717, 1.165) is 0 Å². The normalized spacial score (nSPS) is 10.1. The van der Waals surface area contributed by atoms with E-state index < -0.39 is 0 Å². The van der Waals surface area contributed by atoms with Gasteiger partial charge in [-0.2, -0.15) is 0 Å². The van der Waals surface area contributed by atoms with Gasteiger partial charge >= 0.3 is 0 Å². The molecule has 0 unspecified atom stereocenters. The van der Waals surface area contributed by atoms with Crippen LogP contribution in [0.5, 0.6) is 5.75 Å². The van der Waals surface area contributed by atoms with Crippen LogP contribution in [0.3, 0.4) is 0 Å². The minimum absolute atomic E-state index is 0.214. The number of carbonyl (C=O) groups excluding carboxylic acids is 1. The highest BCUT2D eigenvalue weighted by atomic mass is 16.5. The van der Waals surface area contributed by atoms with Crippen molar-refractivity contribution in [1.82, 2.24) is 4.98 Å². The average molecular weight is 271 g/mol. The molecule has 0 atom stereocenters. The van der Waals surface area contributed by atoms with Crippen LogP contribution in [0, 0.1) is 0 Å². The monoisotopic (exact) mass is 271 g/mol. The fourth-order valence-electron chi connectivity index (χ4n) is 1.78. The standard InChI is InChI=1S/C15H17N3O2/c1-2-20-14-6-4-3-5-13(14)18-15(19)11-7-8-17-12(9-11)10-16/h3-9H,2,10,16H2,1H3,(H,18,19). The van der Waals surface area contributed by atoms with Crippen LogP contribution in [-0.2, 0) is 6.54 Å². The summed E-state index contributed by atoms with van der Waals surface area (Å²) in [5, 5.41) is 2.83. The second-order valence-corrected chi connectivity index (χ2v) is 4.12. The number of nitrogens with zero attached hydrogens (tertiary/aromatic N) is 1. The smallest absolute Gasteiger partial charge is 0.255 e. The maximum Gasteiger partial charge on any atom is 0.255 e. The van der Waals surface area contributed by atoms with Gasteiger partial charge in [0.2, 0.25) is 0 Å². The van der Waals surface area contributed by atoms with Gasteiger partial charge in [-0.1, -0.05) is 12.1 Å². The van der Waals surface area contributed by atoms with Crippen LogP contribution in [-0.4, -0.2) is 17.5 Å². The molecule has 2 aromatic rings. The number of rotatable bonds is 5. The van der Waals surface area contributed by atoms with Crippen LogP contribution in [0.4, 0.5) is 5.69 Å². The first kappa shape index (κ1) is 14.0. The summed E-state index contributed by atoms with van der Waals surface area (Å²) in [4.78, 5) is 16.3. The summed E-state index contributed by atoms with van der Waals surface area (Å²) in [6, 6.07) is 10.6. The lowest BCUT2D eigenvalue weighted by molar-refractivity contribution is 0.102. The van der Waals surface area contributed by atoms with E-state index in [1.807, 2.05) is 25.1 Å². The highest BCUT2D eigenvalue weighted by molar-refractivity contribution is 6.05. The number of benzene rings is 1. The third kappa shape index (κ3) is 3.33. The van der Waals surface area contributed by atoms with E-state index in [1.54, 1.807) is 24.4 Å². The van der Waals surface area contributed by atoms with E-state index in [4.69, 9.17) is 10.5 Å². The number of para-hydroxylation sites is 2. The summed E-state index contributed by atoms with van der Waals surface area (Å²) >= 11 is 0. The summed E-state index contributed by atoms with van der Waals surface area (Å²) in [6.45, 7) is 2.74. The zero-order valence-electron chi connectivity index (χ0n) is 11.3. The Bertz CT molecular complexity index is 599. The number of anilines is 1. The number of hydrogen-bond acceptors (Lipinski definition) is 4. The Morgan fingerprint density at radius 3 is 2.90 bits per heavy atom. The van der Waals surface area contributed by atoms with E-state index in [1.165, 1.54) is 0 Å². The molecule has 0 saturated carbocycles. The number of nitrogens with two attached hydrogens (primary N) is 1. The molecule has 0 bridgehead atoms. The fourth-order valence-corrected chi connectivity index (χ4v) is 1.78. The molecular weight excluding hydrogens is 254 g/mol. The zero-order valence-corrected chi connectivity index (χ0v) is 11.3. The SMILES string of the molecule is CCOc1ccccc1NC(=O)c1ccnc(CN)c1. The second kappa shape index (κ2) is 6.68. The van der Waals surface area contributed by atoms with Gasteiger partial charge in [0, 0.05) is 18.3 Å². The number of aromatic nitrogens is 1. The molecule has 0 aliphatic rings. The third-order valence-corrected chi connectivity index (χ3v) is 2.72. The summed E-state index contributed by atoms with van der Waals surface area (Å²) in [7, 11) is 0. The first-order chi connectivity index (χ1) is 9.74. The van der Waals surface area contributed by atoms with Gasteiger partial charge in [0.25, 0.3) is 5.91 Å². The third-order valence-electron chi connectivity index (χ3n) is 2.72. The second-order valence-electron chi connectivity index (χ2n) is 4.12. The van der Waals surface area contributed by atoms with Gasteiger partial charge in [-0.15, -0.1) is 0 Å². The lowest BCUT2D eigenvalue weighted by atomic mass is 10.2. The molecule has 1 heterocycles. The topological polar surface area (TPSA) is 77.2 Å². The van der Waals surface area contributed by atoms with Crippen molar-refractivity contribution in [1.29, 1.82) is 0 Å². The number of amides is 1. The molecule has 3 N–H and O–H groups in total. The predicted octanol–water partition coefficient (Wildman–Crippen LogP) is 2.19. The quantitative estimate of drug-likeness (QED) is 0.874. The molecule has 5 heteroatoms. The van der Waals surface area contributed by atoms with Crippen molar-refractivity contribution in [3.05, 3.63) is 53.9 Å². The van der Waals surface area contributed by atoms with Crippen LogP contribution >= 0.6 is 0 Å². The van der Waals surface area contributed by atoms with Crippen molar-refractivity contribution in [2.75, 3.05) is 11.9 Å². The Kier molecular flexibility index (Phi) is 4.68. The van der Waals surface area contributed by atoms with Gasteiger partial charge in [-0.05, 0) is 31.2 Å². The first-order valence-electron chi connectivity index (χ1n) is 6.42. The molecule has 2 rings (SSSR count). The fraction of sp³-hybridized carbons (Fsp3) is 0.200. The van der Waals surface area contributed by atoms with E-state index in [9.17, 15) is 4.79 Å². The molecule has 1 aromatic heterocycles. The van der Waals surface area contributed by atoms with E-state index >= 15 is 0 Å². The van der Waals surface area contributed by atoms with E-state index in [-0.39, 0.29) is 5.91 Å². The number of nitrogens with one attached hydrogen (secondary N) is 1. The van der Waals surface area contributed by atoms with Crippen LogP contribution in [0.15, 0.2) is 42.6 Å². The highest BCUT2D eigenvalue weighted by Crippen LogP contribution is 2.24. The Morgan fingerprint density at radius 1 is 1.35 bits per heavy atom. The molecule has 0 spiro atoms. The summed E-state index contributed by atoms with van der Waals surface area (Å²) in [5.41, 5.74) is 7.36. The van der Waals surface area contributed by atoms with E-state index in [2.05, 4.69) is 10.3 Å². The Morgan fingerprint density at radius 2 is 2.15 bits per heavy atom. The van der Waals surface area contributed by atoms with Gasteiger partial charge in [-0.3, -0.25) is 9.78 Å². The molecule has 1 amide bonds. The Balaban J connectivity index is 2.19. The lowest BCUT2D eigenvalue weighted by Gasteiger charge is -2.11. The maximum atomic E-state index is 12.2. The van der Waals surface area contributed by atoms with Crippen molar-refractivity contribution >= 4 is 11.6 Å². The number of hydrogen-bond donors (Lipinski definition) is 2. The van der Waals surface area contributed by atoms with Crippen LogP contribution in [0.1, 0.15) is 23.0 Å². The first-order valence-corrected chi connectivity index (χ1v) is 6.42. The molecule has 0 saturated heterocycles. The van der Waals surface area contributed by atoms with Crippen molar-refractivity contribution in [3.63, 3.8) is 0 Å². The van der Waals surface area contributed by atoms with Crippen molar-refractivity contribution in [2.45, 2.75) is 13.5 Å². The number of pyridine rings is 1. The van der Waals surface area contributed by atoms with E-state index in [0.29, 0.717) is 35.8 Å². The zero-order chi connectivity index (χ0) is 14.4. The molecule has 1 aromatic carbocycles. The van der Waals surface area contributed by atoms with Crippen LogP contribution in [0.2, 0.25) is 0 Å². The van der Waals surface area contributed by atoms with Crippen molar-refractivity contribution < 1.29 is 9.53 Å². The van der Waals surface area contributed by atoms with Crippen molar-refractivity contribution in [3.8, 4) is 5.75 Å². The Hall–Kier alpha value is -2.40. The molecular formula is C15H17N3O2. The summed E-state index contributed by atoms with van der Waals surface area (Å²) in [6.07, 6.45) is 1.57. The largest absolute Gasteiger partial charge is 0.492 e. The number of carbonyl (C=O) groups is 1. The minimum Gasteiger partial charge on any atom is -0.492 e. The lowest BCUT2D eigenvalue weighted by Crippen LogP contribution is -2.14. The molecule has 0 aliphatic carbocycles. The molecule has 0 aliphatic heterocycles. The molecule has 20 heavy (non-hydrogen) atoms. The highest BCUT2D eigenvalue weighted by Gasteiger charge is 2.10. The molecule has 0 radical (unpaired) electrons. The summed E-state index contributed by atoms with van der Waals surface area (Å²) in [5.74, 6) is 0.436. The van der Waals surface area contributed by atoms with Gasteiger partial charge in [-0.25, -0.2) is 0 Å². The van der Waals surface area contributed by atoms with Crippen LogP contribution in [0.25, 0.3) is 0 Å². The minimum atomic E-state index is -0.214.